The molecule has 2 rings (SSSR count). The molecule has 0 fully saturated rings. The van der Waals surface area contributed by atoms with Crippen LogP contribution in [0.15, 0.2) is 6.20 Å². The summed E-state index contributed by atoms with van der Waals surface area (Å²) in [6, 6.07) is 0.167. The normalized spacial score (nSPS) is 12.8. The van der Waals surface area contributed by atoms with Gasteiger partial charge < -0.3 is 16.2 Å². The van der Waals surface area contributed by atoms with E-state index in [4.69, 9.17) is 10.8 Å². The van der Waals surface area contributed by atoms with Crippen molar-refractivity contribution < 1.29 is 5.11 Å². The topological polar surface area (TPSA) is 113 Å². The first-order valence-electron chi connectivity index (χ1n) is 6.08. The zero-order valence-electron chi connectivity index (χ0n) is 10.3. The first kappa shape index (κ1) is 12.6. The lowest BCUT2D eigenvalue weighted by atomic mass is 10.1. The molecule has 1 atom stereocenters. The maximum Gasteiger partial charge on any atom is 0.222 e. The first-order valence-corrected chi connectivity index (χ1v) is 6.08. The van der Waals surface area contributed by atoms with Gasteiger partial charge in [-0.3, -0.25) is 5.10 Å². The summed E-state index contributed by atoms with van der Waals surface area (Å²) in [6.45, 7) is 2.25. The van der Waals surface area contributed by atoms with Gasteiger partial charge in [0.15, 0.2) is 5.82 Å². The van der Waals surface area contributed by atoms with E-state index in [9.17, 15) is 0 Å². The Balaban J connectivity index is 2.26. The number of aliphatic hydroxyl groups is 1. The number of aliphatic hydroxyl groups excluding tert-OH is 1. The third-order valence-electron chi connectivity index (χ3n) is 2.77. The number of nitrogens with one attached hydrogen (secondary N) is 2. The van der Waals surface area contributed by atoms with Gasteiger partial charge in [-0.1, -0.05) is 13.3 Å². The van der Waals surface area contributed by atoms with E-state index in [-0.39, 0.29) is 18.6 Å². The van der Waals surface area contributed by atoms with Gasteiger partial charge in [-0.15, -0.1) is 0 Å². The van der Waals surface area contributed by atoms with E-state index in [1.54, 1.807) is 6.20 Å². The van der Waals surface area contributed by atoms with Crippen LogP contribution in [-0.2, 0) is 0 Å². The number of nitrogens with two attached hydrogens (primary N) is 1. The molecule has 0 unspecified atom stereocenters. The van der Waals surface area contributed by atoms with Crippen molar-refractivity contribution in [2.24, 2.45) is 0 Å². The molecule has 2 aromatic rings. The monoisotopic (exact) mass is 250 g/mol. The predicted octanol–water partition coefficient (Wildman–Crippen LogP) is 0.898. The Kier molecular flexibility index (Phi) is 3.93. The number of aromatic amines is 1. The van der Waals surface area contributed by atoms with Crippen molar-refractivity contribution in [2.75, 3.05) is 17.7 Å². The highest BCUT2D eigenvalue weighted by atomic mass is 16.3. The van der Waals surface area contributed by atoms with Crippen LogP contribution in [0.25, 0.3) is 11.0 Å². The van der Waals surface area contributed by atoms with Gasteiger partial charge in [-0.25, -0.2) is 4.98 Å². The molecule has 0 saturated carbocycles. The highest BCUT2D eigenvalue weighted by molar-refractivity contribution is 5.85. The van der Waals surface area contributed by atoms with Crippen LogP contribution in [0.5, 0.6) is 0 Å². The average molecular weight is 250 g/mol. The summed E-state index contributed by atoms with van der Waals surface area (Å²) in [7, 11) is 0. The van der Waals surface area contributed by atoms with Crippen LogP contribution < -0.4 is 11.1 Å². The lowest BCUT2D eigenvalue weighted by molar-refractivity contribution is 0.276. The largest absolute Gasteiger partial charge is 0.396 e. The number of hydrogen-bond acceptors (Lipinski definition) is 6. The van der Waals surface area contributed by atoms with Gasteiger partial charge in [0.2, 0.25) is 5.95 Å². The summed E-state index contributed by atoms with van der Waals surface area (Å²) in [6.07, 6.45) is 4.28. The molecule has 98 valence electrons. The molecule has 2 heterocycles. The van der Waals surface area contributed by atoms with Gasteiger partial charge in [0.1, 0.15) is 11.0 Å². The van der Waals surface area contributed by atoms with E-state index in [2.05, 4.69) is 32.4 Å². The molecule has 0 aliphatic carbocycles. The summed E-state index contributed by atoms with van der Waals surface area (Å²) in [5.41, 5.74) is 7.08. The van der Waals surface area contributed by atoms with Crippen LogP contribution in [0.4, 0.5) is 11.8 Å². The maximum atomic E-state index is 9.05. The summed E-state index contributed by atoms with van der Waals surface area (Å²) < 4.78 is 0. The Labute approximate surface area is 105 Å². The first-order chi connectivity index (χ1) is 8.74. The molecule has 0 bridgehead atoms. The number of hydrogen-bond donors (Lipinski definition) is 4. The van der Waals surface area contributed by atoms with Crippen LogP contribution in [0.3, 0.4) is 0 Å². The van der Waals surface area contributed by atoms with E-state index >= 15 is 0 Å². The van der Waals surface area contributed by atoms with E-state index < -0.39 is 0 Å². The van der Waals surface area contributed by atoms with Crippen molar-refractivity contribution >= 4 is 22.8 Å². The number of H-pyrrole nitrogens is 1. The second-order valence-corrected chi connectivity index (χ2v) is 4.20. The van der Waals surface area contributed by atoms with E-state index in [1.807, 2.05) is 0 Å². The third-order valence-corrected chi connectivity index (χ3v) is 2.77. The molecular formula is C11H18N6O. The average Bonchev–Trinajstić information content (AvgIpc) is 2.77. The van der Waals surface area contributed by atoms with E-state index in [0.717, 1.165) is 18.4 Å². The minimum atomic E-state index is 0.143. The molecule has 5 N–H and O–H groups in total. The highest BCUT2D eigenvalue weighted by Crippen LogP contribution is 2.20. The molecule has 0 radical (unpaired) electrons. The molecular weight excluding hydrogens is 232 g/mol. The SMILES string of the molecule is CCC[C@@H](CCO)Nc1nc(N)nc2cn[nH]c12. The fourth-order valence-corrected chi connectivity index (χ4v) is 1.95. The highest BCUT2D eigenvalue weighted by Gasteiger charge is 2.12. The smallest absolute Gasteiger partial charge is 0.222 e. The van der Waals surface area contributed by atoms with Crippen molar-refractivity contribution in [3.8, 4) is 0 Å². The third kappa shape index (κ3) is 2.67. The van der Waals surface area contributed by atoms with Crippen LogP contribution in [0, 0.1) is 0 Å². The summed E-state index contributed by atoms with van der Waals surface area (Å²) in [5, 5.41) is 19.1. The molecule has 18 heavy (non-hydrogen) atoms. The standard InChI is InChI=1S/C11H18N6O/c1-2-3-7(4-5-18)14-10-9-8(6-13-17-9)15-11(12)16-10/h6-7,18H,2-5H2,1H3,(H,13,17)(H3,12,14,15,16)/t7-/m0/s1. The van der Waals surface area contributed by atoms with Crippen molar-refractivity contribution in [2.45, 2.75) is 32.2 Å². The van der Waals surface area contributed by atoms with Gasteiger partial charge in [0.25, 0.3) is 0 Å². The quantitative estimate of drug-likeness (QED) is 0.606. The molecule has 0 aromatic carbocycles. The summed E-state index contributed by atoms with van der Waals surface area (Å²) in [4.78, 5) is 8.26. The van der Waals surface area contributed by atoms with Gasteiger partial charge in [-0.05, 0) is 12.8 Å². The minimum absolute atomic E-state index is 0.143. The number of anilines is 2. The number of aromatic nitrogens is 4. The maximum absolute atomic E-state index is 9.05. The van der Waals surface area contributed by atoms with Gasteiger partial charge in [0.05, 0.1) is 6.20 Å². The second-order valence-electron chi connectivity index (χ2n) is 4.20. The predicted molar refractivity (Wildman–Crippen MR) is 70.1 cm³/mol. The van der Waals surface area contributed by atoms with Gasteiger partial charge >= 0.3 is 0 Å². The Morgan fingerprint density at radius 1 is 1.44 bits per heavy atom. The second kappa shape index (κ2) is 5.63. The van der Waals surface area contributed by atoms with Gasteiger partial charge in [0, 0.05) is 12.6 Å². The van der Waals surface area contributed by atoms with Crippen molar-refractivity contribution in [3.63, 3.8) is 0 Å². The Morgan fingerprint density at radius 2 is 2.28 bits per heavy atom. The Morgan fingerprint density at radius 3 is 3.00 bits per heavy atom. The van der Waals surface area contributed by atoms with Crippen LogP contribution in [-0.4, -0.2) is 37.9 Å². The van der Waals surface area contributed by atoms with Crippen LogP contribution in [0.2, 0.25) is 0 Å². The lowest BCUT2D eigenvalue weighted by Gasteiger charge is -2.17. The number of nitrogens with zero attached hydrogens (tertiary/aromatic N) is 3. The van der Waals surface area contributed by atoms with Crippen molar-refractivity contribution in [1.82, 2.24) is 20.2 Å². The fourth-order valence-electron chi connectivity index (χ4n) is 1.95. The fraction of sp³-hybridized carbons (Fsp3) is 0.545. The Bertz CT molecular complexity index is 505. The molecule has 7 heteroatoms. The zero-order chi connectivity index (χ0) is 13.0. The molecule has 0 saturated heterocycles. The minimum Gasteiger partial charge on any atom is -0.396 e. The molecule has 0 spiro atoms. The summed E-state index contributed by atoms with van der Waals surface area (Å²) in [5.74, 6) is 0.854. The van der Waals surface area contributed by atoms with Crippen LogP contribution in [0.1, 0.15) is 26.2 Å². The zero-order valence-corrected chi connectivity index (χ0v) is 10.3. The van der Waals surface area contributed by atoms with Crippen molar-refractivity contribution in [3.05, 3.63) is 6.20 Å². The van der Waals surface area contributed by atoms with Crippen LogP contribution >= 0.6 is 0 Å². The van der Waals surface area contributed by atoms with Gasteiger partial charge in [-0.2, -0.15) is 10.1 Å². The number of rotatable bonds is 6. The molecule has 2 aromatic heterocycles. The molecule has 0 aliphatic heterocycles. The summed E-state index contributed by atoms with van der Waals surface area (Å²) >= 11 is 0. The van der Waals surface area contributed by atoms with Crippen molar-refractivity contribution in [1.29, 1.82) is 0 Å². The number of fused-ring (bicyclic) bond motifs is 1. The number of nitrogen functional groups attached to an aromatic ring is 1. The molecule has 7 nitrogen and oxygen atoms in total. The van der Waals surface area contributed by atoms with E-state index in [0.29, 0.717) is 17.8 Å². The lowest BCUT2D eigenvalue weighted by Crippen LogP contribution is -2.22. The molecule has 0 aliphatic rings. The Hall–Kier alpha value is -1.89. The van der Waals surface area contributed by atoms with E-state index in [1.165, 1.54) is 0 Å². The molecule has 0 amide bonds.